The topological polar surface area (TPSA) is 49.4 Å². The van der Waals surface area contributed by atoms with Crippen LogP contribution in [0.4, 0.5) is 0 Å². The molecule has 1 amide bonds. The largest absolute Gasteiger partial charge is 0.342 e. The van der Waals surface area contributed by atoms with E-state index in [0.29, 0.717) is 18.8 Å². The molecule has 1 aliphatic rings. The maximum Gasteiger partial charge on any atom is 0.236 e. The third kappa shape index (κ3) is 5.61. The summed E-state index contributed by atoms with van der Waals surface area (Å²) in [5.41, 5.74) is 0. The number of hydrogen-bond donors (Lipinski definition) is 1. The Balaban J connectivity index is 2.15. The minimum absolute atomic E-state index is 0.184. The van der Waals surface area contributed by atoms with Gasteiger partial charge in [0.05, 0.1) is 6.54 Å². The molecule has 1 saturated heterocycles. The second kappa shape index (κ2) is 7.79. The van der Waals surface area contributed by atoms with Gasteiger partial charge in [0, 0.05) is 42.4 Å². The molecule has 0 saturated carbocycles. The van der Waals surface area contributed by atoms with Gasteiger partial charge in [0.25, 0.3) is 0 Å². The molecule has 1 aliphatic heterocycles. The number of hydrogen-bond acceptors (Lipinski definition) is 3. The highest BCUT2D eigenvalue weighted by molar-refractivity contribution is 7.84. The van der Waals surface area contributed by atoms with Gasteiger partial charge in [0.2, 0.25) is 5.91 Å². The number of amides is 1. The zero-order valence-corrected chi connectivity index (χ0v) is 10.9. The minimum Gasteiger partial charge on any atom is -0.342 e. The summed E-state index contributed by atoms with van der Waals surface area (Å²) >= 11 is 0. The predicted molar refractivity (Wildman–Crippen MR) is 66.9 cm³/mol. The van der Waals surface area contributed by atoms with E-state index in [2.05, 4.69) is 5.32 Å². The first kappa shape index (κ1) is 13.6. The Morgan fingerprint density at radius 1 is 1.25 bits per heavy atom. The van der Waals surface area contributed by atoms with Crippen LogP contribution < -0.4 is 5.32 Å². The van der Waals surface area contributed by atoms with E-state index in [4.69, 9.17) is 0 Å². The van der Waals surface area contributed by atoms with Crippen molar-refractivity contribution in [2.75, 3.05) is 38.2 Å². The summed E-state index contributed by atoms with van der Waals surface area (Å²) < 4.78 is 10.8. The quantitative estimate of drug-likeness (QED) is 0.713. The molecule has 0 bridgehead atoms. The van der Waals surface area contributed by atoms with Crippen LogP contribution in [0.3, 0.4) is 0 Å². The maximum atomic E-state index is 11.8. The van der Waals surface area contributed by atoms with Crippen LogP contribution >= 0.6 is 0 Å². The first-order valence-electron chi connectivity index (χ1n) is 5.98. The van der Waals surface area contributed by atoms with Crippen molar-refractivity contribution in [3.8, 4) is 0 Å². The average Bonchev–Trinajstić information content (AvgIpc) is 2.52. The fourth-order valence-electron chi connectivity index (χ4n) is 1.84. The SMILES string of the molecule is CS(=O)CCNCC(=O)N1CCCCCC1. The van der Waals surface area contributed by atoms with Crippen molar-refractivity contribution >= 4 is 16.7 Å². The Labute approximate surface area is 100 Å². The van der Waals surface area contributed by atoms with Crippen molar-refractivity contribution in [2.24, 2.45) is 0 Å². The van der Waals surface area contributed by atoms with Crippen LogP contribution in [-0.4, -0.2) is 53.2 Å². The van der Waals surface area contributed by atoms with Gasteiger partial charge in [-0.15, -0.1) is 0 Å². The van der Waals surface area contributed by atoms with Crippen molar-refractivity contribution in [1.29, 1.82) is 0 Å². The van der Waals surface area contributed by atoms with Gasteiger partial charge < -0.3 is 10.2 Å². The maximum absolute atomic E-state index is 11.8. The number of carbonyl (C=O) groups excluding carboxylic acids is 1. The Morgan fingerprint density at radius 3 is 2.44 bits per heavy atom. The van der Waals surface area contributed by atoms with Gasteiger partial charge >= 0.3 is 0 Å². The van der Waals surface area contributed by atoms with Crippen molar-refractivity contribution in [3.05, 3.63) is 0 Å². The van der Waals surface area contributed by atoms with Crippen molar-refractivity contribution in [3.63, 3.8) is 0 Å². The molecule has 1 fully saturated rings. The van der Waals surface area contributed by atoms with E-state index >= 15 is 0 Å². The fraction of sp³-hybridized carbons (Fsp3) is 0.909. The van der Waals surface area contributed by atoms with Gasteiger partial charge in [-0.2, -0.15) is 0 Å². The molecule has 94 valence electrons. The molecule has 0 aromatic rings. The van der Waals surface area contributed by atoms with Crippen LogP contribution in [0.25, 0.3) is 0 Å². The van der Waals surface area contributed by atoms with E-state index in [0.717, 1.165) is 25.9 Å². The van der Waals surface area contributed by atoms with Gasteiger partial charge in [-0.05, 0) is 12.8 Å². The molecule has 1 heterocycles. The Kier molecular flexibility index (Phi) is 6.64. The first-order chi connectivity index (χ1) is 7.70. The summed E-state index contributed by atoms with van der Waals surface area (Å²) in [5.74, 6) is 0.802. The normalized spacial score (nSPS) is 19.2. The van der Waals surface area contributed by atoms with E-state index in [1.165, 1.54) is 12.8 Å². The molecule has 0 radical (unpaired) electrons. The lowest BCUT2D eigenvalue weighted by atomic mass is 10.2. The van der Waals surface area contributed by atoms with Crippen LogP contribution in [0, 0.1) is 0 Å². The van der Waals surface area contributed by atoms with Crippen LogP contribution in [0.15, 0.2) is 0 Å². The smallest absolute Gasteiger partial charge is 0.236 e. The number of carbonyl (C=O) groups is 1. The van der Waals surface area contributed by atoms with Gasteiger partial charge in [-0.3, -0.25) is 9.00 Å². The van der Waals surface area contributed by atoms with Gasteiger partial charge in [0.1, 0.15) is 0 Å². The summed E-state index contributed by atoms with van der Waals surface area (Å²) in [7, 11) is -0.775. The molecule has 1 N–H and O–H groups in total. The fourth-order valence-corrected chi connectivity index (χ4v) is 2.27. The van der Waals surface area contributed by atoms with Gasteiger partial charge in [-0.25, -0.2) is 0 Å². The highest BCUT2D eigenvalue weighted by Crippen LogP contribution is 2.09. The zero-order chi connectivity index (χ0) is 11.8. The minimum atomic E-state index is -0.775. The molecule has 1 unspecified atom stereocenters. The lowest BCUT2D eigenvalue weighted by Crippen LogP contribution is -2.39. The number of likely N-dealkylation sites (tertiary alicyclic amines) is 1. The van der Waals surface area contributed by atoms with Crippen molar-refractivity contribution in [2.45, 2.75) is 25.7 Å². The molecular formula is C11H22N2O2S. The Hall–Kier alpha value is -0.420. The summed E-state index contributed by atoms with van der Waals surface area (Å²) in [6, 6.07) is 0. The molecule has 1 rings (SSSR count). The molecule has 0 aromatic carbocycles. The van der Waals surface area contributed by atoms with E-state index in [1.807, 2.05) is 4.90 Å². The van der Waals surface area contributed by atoms with E-state index < -0.39 is 10.8 Å². The van der Waals surface area contributed by atoms with E-state index in [-0.39, 0.29) is 5.91 Å². The lowest BCUT2D eigenvalue weighted by Gasteiger charge is -2.20. The van der Waals surface area contributed by atoms with Crippen LogP contribution in [0.5, 0.6) is 0 Å². The molecule has 1 atom stereocenters. The van der Waals surface area contributed by atoms with Crippen molar-refractivity contribution in [1.82, 2.24) is 10.2 Å². The zero-order valence-electron chi connectivity index (χ0n) is 10.0. The van der Waals surface area contributed by atoms with Crippen molar-refractivity contribution < 1.29 is 9.00 Å². The van der Waals surface area contributed by atoms with E-state index in [9.17, 15) is 9.00 Å². The van der Waals surface area contributed by atoms with Gasteiger partial charge in [-0.1, -0.05) is 12.8 Å². The van der Waals surface area contributed by atoms with Gasteiger partial charge in [0.15, 0.2) is 0 Å². The summed E-state index contributed by atoms with van der Waals surface area (Å²) in [6.07, 6.45) is 6.42. The lowest BCUT2D eigenvalue weighted by molar-refractivity contribution is -0.130. The monoisotopic (exact) mass is 246 g/mol. The second-order valence-electron chi connectivity index (χ2n) is 4.25. The van der Waals surface area contributed by atoms with Crippen LogP contribution in [0.1, 0.15) is 25.7 Å². The molecule has 16 heavy (non-hydrogen) atoms. The summed E-state index contributed by atoms with van der Waals surface area (Å²) in [5, 5.41) is 3.05. The molecule has 4 nitrogen and oxygen atoms in total. The average molecular weight is 246 g/mol. The number of nitrogens with zero attached hydrogens (tertiary/aromatic N) is 1. The molecule has 0 aliphatic carbocycles. The highest BCUT2D eigenvalue weighted by Gasteiger charge is 2.14. The third-order valence-corrected chi connectivity index (χ3v) is 3.58. The third-order valence-electron chi connectivity index (χ3n) is 2.80. The van der Waals surface area contributed by atoms with Crippen LogP contribution in [-0.2, 0) is 15.6 Å². The standard InChI is InChI=1S/C11H22N2O2S/c1-16(15)9-6-12-10-11(14)13-7-4-2-3-5-8-13/h12H,2-10H2,1H3. The molecule has 0 aromatic heterocycles. The number of nitrogens with one attached hydrogen (secondary N) is 1. The molecular weight excluding hydrogens is 224 g/mol. The van der Waals surface area contributed by atoms with E-state index in [1.54, 1.807) is 6.26 Å². The molecule has 0 spiro atoms. The summed E-state index contributed by atoms with van der Waals surface area (Å²) in [4.78, 5) is 13.7. The summed E-state index contributed by atoms with van der Waals surface area (Å²) in [6.45, 7) is 2.85. The Morgan fingerprint density at radius 2 is 1.88 bits per heavy atom. The highest BCUT2D eigenvalue weighted by atomic mass is 32.2. The number of rotatable bonds is 5. The predicted octanol–water partition coefficient (Wildman–Crippen LogP) is 0.357. The van der Waals surface area contributed by atoms with Crippen LogP contribution in [0.2, 0.25) is 0 Å². The molecule has 5 heteroatoms. The Bertz CT molecular complexity index is 238. The first-order valence-corrected chi connectivity index (χ1v) is 7.71. The second-order valence-corrected chi connectivity index (χ2v) is 5.80.